The van der Waals surface area contributed by atoms with Crippen LogP contribution in [-0.2, 0) is 13.0 Å². The zero-order valence-electron chi connectivity index (χ0n) is 16.9. The number of carbonyl (C=O) groups is 1. The maximum atomic E-state index is 13.0. The first kappa shape index (κ1) is 20.4. The quantitative estimate of drug-likeness (QED) is 0.595. The summed E-state index contributed by atoms with van der Waals surface area (Å²) in [6.07, 6.45) is 2.83. The molecule has 0 radical (unpaired) electrons. The Morgan fingerprint density at radius 3 is 2.61 bits per heavy atom. The summed E-state index contributed by atoms with van der Waals surface area (Å²) in [6.45, 7) is 10.3. The van der Waals surface area contributed by atoms with Crippen LogP contribution in [0, 0.1) is 13.8 Å². The number of rotatable bonds is 5. The van der Waals surface area contributed by atoms with Crippen molar-refractivity contribution >= 4 is 32.7 Å². The van der Waals surface area contributed by atoms with Crippen molar-refractivity contribution in [2.24, 2.45) is 0 Å². The molecule has 3 rings (SSSR count). The van der Waals surface area contributed by atoms with E-state index in [1.54, 1.807) is 0 Å². The van der Waals surface area contributed by atoms with Crippen LogP contribution < -0.4 is 10.9 Å². The van der Waals surface area contributed by atoms with E-state index in [4.69, 9.17) is 0 Å². The van der Waals surface area contributed by atoms with Crippen LogP contribution in [0.15, 0.2) is 33.7 Å². The molecule has 6 heteroatoms. The summed E-state index contributed by atoms with van der Waals surface area (Å²) in [5.74, 6) is -0.182. The minimum Gasteiger partial charge on any atom is -0.348 e. The number of aromatic amines is 1. The molecule has 1 aromatic carbocycles. The predicted octanol–water partition coefficient (Wildman–Crippen LogP) is 4.78. The maximum absolute atomic E-state index is 13.0. The van der Waals surface area contributed by atoms with E-state index in [2.05, 4.69) is 50.8 Å². The number of fused-ring (bicyclic) bond motifs is 1. The number of aromatic nitrogens is 2. The molecule has 0 aliphatic rings. The summed E-state index contributed by atoms with van der Waals surface area (Å²) < 4.78 is 3.03. The van der Waals surface area contributed by atoms with Crippen molar-refractivity contribution in [1.29, 1.82) is 0 Å². The molecule has 2 heterocycles. The van der Waals surface area contributed by atoms with E-state index in [9.17, 15) is 9.59 Å². The van der Waals surface area contributed by atoms with E-state index in [1.807, 2.05) is 39.0 Å². The third kappa shape index (κ3) is 3.78. The summed E-state index contributed by atoms with van der Waals surface area (Å²) in [7, 11) is 0. The molecule has 0 aliphatic carbocycles. The Kier molecular flexibility index (Phi) is 5.79. The number of H-pyrrole nitrogens is 1. The maximum Gasteiger partial charge on any atom is 0.253 e. The number of hydrogen-bond donors (Lipinski definition) is 2. The summed E-state index contributed by atoms with van der Waals surface area (Å²) >= 11 is 3.53. The summed E-state index contributed by atoms with van der Waals surface area (Å²) in [5, 5.41) is 3.89. The first-order valence-corrected chi connectivity index (χ1v) is 10.3. The Balaban J connectivity index is 1.98. The molecular formula is C22H26BrN3O2. The molecule has 0 atom stereocenters. The van der Waals surface area contributed by atoms with E-state index >= 15 is 0 Å². The van der Waals surface area contributed by atoms with Gasteiger partial charge in [0, 0.05) is 39.9 Å². The molecule has 0 unspecified atom stereocenters. The van der Waals surface area contributed by atoms with Crippen LogP contribution in [0.3, 0.4) is 0 Å². The molecule has 0 saturated carbocycles. The number of halogens is 1. The Labute approximate surface area is 173 Å². The Morgan fingerprint density at radius 2 is 1.96 bits per heavy atom. The van der Waals surface area contributed by atoms with Crippen LogP contribution >= 0.6 is 15.9 Å². The molecule has 0 fully saturated rings. The Morgan fingerprint density at radius 1 is 1.25 bits per heavy atom. The number of hydrogen-bond acceptors (Lipinski definition) is 2. The highest BCUT2D eigenvalue weighted by atomic mass is 79.9. The van der Waals surface area contributed by atoms with Crippen molar-refractivity contribution < 1.29 is 4.79 Å². The zero-order valence-corrected chi connectivity index (χ0v) is 18.5. The van der Waals surface area contributed by atoms with Crippen LogP contribution in [0.1, 0.15) is 59.6 Å². The lowest BCUT2D eigenvalue weighted by Gasteiger charge is -2.12. The normalized spacial score (nSPS) is 11.4. The molecule has 0 aliphatic heterocycles. The largest absolute Gasteiger partial charge is 0.348 e. The average molecular weight is 444 g/mol. The van der Waals surface area contributed by atoms with Gasteiger partial charge in [-0.25, -0.2) is 0 Å². The highest BCUT2D eigenvalue weighted by Crippen LogP contribution is 2.30. The van der Waals surface area contributed by atoms with Crippen molar-refractivity contribution in [3.63, 3.8) is 0 Å². The van der Waals surface area contributed by atoms with Gasteiger partial charge in [0.05, 0.1) is 11.1 Å². The number of nitrogens with one attached hydrogen (secondary N) is 2. The summed E-state index contributed by atoms with van der Waals surface area (Å²) in [4.78, 5) is 28.2. The van der Waals surface area contributed by atoms with Crippen molar-refractivity contribution in [2.75, 3.05) is 0 Å². The lowest BCUT2D eigenvalue weighted by atomic mass is 10.0. The molecule has 2 aromatic heterocycles. The van der Waals surface area contributed by atoms with Crippen molar-refractivity contribution in [2.45, 2.75) is 53.6 Å². The second-order valence-electron chi connectivity index (χ2n) is 7.48. The van der Waals surface area contributed by atoms with Gasteiger partial charge in [0.2, 0.25) is 0 Å². The fourth-order valence-corrected chi connectivity index (χ4v) is 4.16. The van der Waals surface area contributed by atoms with Crippen molar-refractivity contribution in [1.82, 2.24) is 14.9 Å². The number of amides is 1. The van der Waals surface area contributed by atoms with Crippen LogP contribution in [0.5, 0.6) is 0 Å². The molecule has 0 saturated heterocycles. The summed E-state index contributed by atoms with van der Waals surface area (Å²) in [6, 6.07) is 6.14. The molecular weight excluding hydrogens is 418 g/mol. The standard InChI is InChI=1S/C22H26BrN3O2/c1-6-15-7-14(5)25-22(28)18(15)10-24-21(27)17-8-16(23)9-19-20(17)13(4)11-26(19)12(2)3/h7-9,11-12H,6,10H2,1-5H3,(H,24,27)(H,25,28). The van der Waals surface area contributed by atoms with Gasteiger partial charge in [-0.15, -0.1) is 0 Å². The molecule has 0 spiro atoms. The molecule has 0 bridgehead atoms. The van der Waals surface area contributed by atoms with Gasteiger partial charge in [-0.3, -0.25) is 9.59 Å². The van der Waals surface area contributed by atoms with Gasteiger partial charge < -0.3 is 14.9 Å². The molecule has 148 valence electrons. The van der Waals surface area contributed by atoms with Crippen LogP contribution in [0.4, 0.5) is 0 Å². The fourth-order valence-electron chi connectivity index (χ4n) is 3.72. The van der Waals surface area contributed by atoms with Gasteiger partial charge in [-0.05, 0) is 63.4 Å². The second kappa shape index (κ2) is 7.95. The number of benzene rings is 1. The first-order chi connectivity index (χ1) is 13.2. The Hall–Kier alpha value is -2.34. The molecule has 28 heavy (non-hydrogen) atoms. The van der Waals surface area contributed by atoms with Gasteiger partial charge in [-0.2, -0.15) is 0 Å². The van der Waals surface area contributed by atoms with Gasteiger partial charge in [-0.1, -0.05) is 22.9 Å². The fraction of sp³-hybridized carbons (Fsp3) is 0.364. The molecule has 2 N–H and O–H groups in total. The number of nitrogens with zero attached hydrogens (tertiary/aromatic N) is 1. The summed E-state index contributed by atoms with van der Waals surface area (Å²) in [5.41, 5.74) is 4.96. The van der Waals surface area contributed by atoms with Crippen LogP contribution in [-0.4, -0.2) is 15.5 Å². The predicted molar refractivity (Wildman–Crippen MR) is 117 cm³/mol. The highest BCUT2D eigenvalue weighted by Gasteiger charge is 2.18. The lowest BCUT2D eigenvalue weighted by Crippen LogP contribution is -2.28. The molecule has 5 nitrogen and oxygen atoms in total. The second-order valence-corrected chi connectivity index (χ2v) is 8.40. The van der Waals surface area contributed by atoms with Gasteiger partial charge in [0.25, 0.3) is 11.5 Å². The van der Waals surface area contributed by atoms with Gasteiger partial charge in [0.15, 0.2) is 0 Å². The van der Waals surface area contributed by atoms with Gasteiger partial charge in [0.1, 0.15) is 0 Å². The third-order valence-corrected chi connectivity index (χ3v) is 5.52. The number of pyridine rings is 1. The van der Waals surface area contributed by atoms with Crippen molar-refractivity contribution in [3.05, 3.63) is 67.2 Å². The minimum absolute atomic E-state index is 0.140. The molecule has 3 aromatic rings. The van der Waals surface area contributed by atoms with E-state index in [1.165, 1.54) is 0 Å². The van der Waals surface area contributed by atoms with E-state index in [-0.39, 0.29) is 18.0 Å². The topological polar surface area (TPSA) is 66.9 Å². The monoisotopic (exact) mass is 443 g/mol. The van der Waals surface area contributed by atoms with Crippen molar-refractivity contribution in [3.8, 4) is 0 Å². The van der Waals surface area contributed by atoms with Crippen LogP contribution in [0.2, 0.25) is 0 Å². The zero-order chi connectivity index (χ0) is 20.6. The minimum atomic E-state index is -0.182. The van der Waals surface area contributed by atoms with Crippen LogP contribution in [0.25, 0.3) is 10.9 Å². The lowest BCUT2D eigenvalue weighted by molar-refractivity contribution is 0.0952. The average Bonchev–Trinajstić information content (AvgIpc) is 2.96. The van der Waals surface area contributed by atoms with E-state index in [0.717, 1.165) is 38.6 Å². The number of carbonyl (C=O) groups excluding carboxylic acids is 1. The third-order valence-electron chi connectivity index (χ3n) is 5.06. The molecule has 1 amide bonds. The van der Waals surface area contributed by atoms with E-state index in [0.29, 0.717) is 17.2 Å². The highest BCUT2D eigenvalue weighted by molar-refractivity contribution is 9.10. The van der Waals surface area contributed by atoms with E-state index < -0.39 is 0 Å². The van der Waals surface area contributed by atoms with Gasteiger partial charge >= 0.3 is 0 Å². The Bertz CT molecular complexity index is 1110. The number of aryl methyl sites for hydroxylation is 3. The first-order valence-electron chi connectivity index (χ1n) is 9.53. The smallest absolute Gasteiger partial charge is 0.253 e. The SMILES string of the molecule is CCc1cc(C)[nH]c(=O)c1CNC(=O)c1cc(Br)cc2c1c(C)cn2C(C)C.